The second kappa shape index (κ2) is 7.43. The molecule has 0 amide bonds. The van der Waals surface area contributed by atoms with Crippen LogP contribution < -0.4 is 10.5 Å². The number of benzene rings is 1. The molecule has 0 bridgehead atoms. The summed E-state index contributed by atoms with van der Waals surface area (Å²) in [5.74, 6) is -0.0304. The summed E-state index contributed by atoms with van der Waals surface area (Å²) in [4.78, 5) is 34.3. The first kappa shape index (κ1) is 15.0. The van der Waals surface area contributed by atoms with E-state index >= 15 is 0 Å². The van der Waals surface area contributed by atoms with Crippen molar-refractivity contribution in [3.63, 3.8) is 0 Å². The Labute approximate surface area is 111 Å². The van der Waals surface area contributed by atoms with E-state index in [4.69, 9.17) is 10.5 Å². The maximum Gasteiger partial charge on any atom is 0.170 e. The normalized spacial score (nSPS) is 10.0. The molecule has 0 aliphatic rings. The Morgan fingerprint density at radius 2 is 1.63 bits per heavy atom. The van der Waals surface area contributed by atoms with Gasteiger partial charge in [-0.2, -0.15) is 0 Å². The second-order valence-corrected chi connectivity index (χ2v) is 4.11. The van der Waals surface area contributed by atoms with Crippen LogP contribution in [0, 0.1) is 0 Å². The topological polar surface area (TPSA) is 86.5 Å². The van der Waals surface area contributed by atoms with Crippen LogP contribution in [0.4, 0.5) is 0 Å². The van der Waals surface area contributed by atoms with Gasteiger partial charge < -0.3 is 10.5 Å². The zero-order valence-corrected chi connectivity index (χ0v) is 10.8. The molecule has 19 heavy (non-hydrogen) atoms. The van der Waals surface area contributed by atoms with E-state index in [1.807, 2.05) is 0 Å². The van der Waals surface area contributed by atoms with Crippen molar-refractivity contribution in [1.82, 2.24) is 0 Å². The maximum absolute atomic E-state index is 11.8. The van der Waals surface area contributed by atoms with Gasteiger partial charge in [-0.25, -0.2) is 0 Å². The SMILES string of the molecule is COc1ccc(C(=O)CC(=O)CCC(=O)CN)cc1. The van der Waals surface area contributed by atoms with Gasteiger partial charge in [-0.05, 0) is 24.3 Å². The summed E-state index contributed by atoms with van der Waals surface area (Å²) in [5.41, 5.74) is 5.60. The van der Waals surface area contributed by atoms with E-state index in [0.29, 0.717) is 11.3 Å². The molecule has 2 N–H and O–H groups in total. The van der Waals surface area contributed by atoms with E-state index in [-0.39, 0.29) is 43.2 Å². The number of Topliss-reactive ketones (excluding diaryl/α,β-unsaturated/α-hetero) is 3. The van der Waals surface area contributed by atoms with Crippen molar-refractivity contribution in [1.29, 1.82) is 0 Å². The van der Waals surface area contributed by atoms with Crippen LogP contribution in [0.1, 0.15) is 29.6 Å². The molecule has 1 aromatic rings. The third-order valence-corrected chi connectivity index (χ3v) is 2.68. The summed E-state index contributed by atoms with van der Waals surface area (Å²) in [6, 6.07) is 6.55. The lowest BCUT2D eigenvalue weighted by atomic mass is 10.0. The number of hydrogen-bond acceptors (Lipinski definition) is 5. The first-order chi connectivity index (χ1) is 9.06. The standard InChI is InChI=1S/C14H17NO4/c1-19-13-6-2-10(3-7-13)14(18)8-11(16)4-5-12(17)9-15/h2-3,6-7H,4-5,8-9,15H2,1H3. The van der Waals surface area contributed by atoms with Crippen LogP contribution in [0.5, 0.6) is 5.75 Å². The average Bonchev–Trinajstić information content (AvgIpc) is 2.44. The Morgan fingerprint density at radius 1 is 1.05 bits per heavy atom. The Balaban J connectivity index is 2.49. The summed E-state index contributed by atoms with van der Waals surface area (Å²) in [6.45, 7) is -0.0697. The van der Waals surface area contributed by atoms with Crippen LogP contribution in [0.25, 0.3) is 0 Å². The van der Waals surface area contributed by atoms with Crippen molar-refractivity contribution in [2.45, 2.75) is 19.3 Å². The summed E-state index contributed by atoms with van der Waals surface area (Å²) < 4.78 is 4.98. The fourth-order valence-corrected chi connectivity index (χ4v) is 1.53. The molecule has 5 heteroatoms. The Morgan fingerprint density at radius 3 is 2.16 bits per heavy atom. The van der Waals surface area contributed by atoms with Crippen LogP contribution >= 0.6 is 0 Å². The molecule has 0 aliphatic carbocycles. The first-order valence-corrected chi connectivity index (χ1v) is 5.97. The lowest BCUT2D eigenvalue weighted by Gasteiger charge is -2.03. The third kappa shape index (κ3) is 5.01. The predicted molar refractivity (Wildman–Crippen MR) is 70.2 cm³/mol. The molecular formula is C14H17NO4. The molecule has 5 nitrogen and oxygen atoms in total. The van der Waals surface area contributed by atoms with Gasteiger partial charge in [0, 0.05) is 18.4 Å². The van der Waals surface area contributed by atoms with Gasteiger partial charge in [-0.3, -0.25) is 14.4 Å². The van der Waals surface area contributed by atoms with Crippen molar-refractivity contribution < 1.29 is 19.1 Å². The van der Waals surface area contributed by atoms with Gasteiger partial charge in [0.15, 0.2) is 5.78 Å². The molecule has 0 unspecified atom stereocenters. The van der Waals surface area contributed by atoms with E-state index in [1.165, 1.54) is 7.11 Å². The van der Waals surface area contributed by atoms with Crippen LogP contribution in [-0.4, -0.2) is 31.0 Å². The molecule has 102 valence electrons. The number of rotatable bonds is 8. The molecular weight excluding hydrogens is 246 g/mol. The number of methoxy groups -OCH3 is 1. The molecule has 0 spiro atoms. The van der Waals surface area contributed by atoms with Crippen molar-refractivity contribution in [3.05, 3.63) is 29.8 Å². The Kier molecular flexibility index (Phi) is 5.89. The smallest absolute Gasteiger partial charge is 0.170 e. The van der Waals surface area contributed by atoms with Gasteiger partial charge >= 0.3 is 0 Å². The van der Waals surface area contributed by atoms with Gasteiger partial charge in [0.1, 0.15) is 17.3 Å². The number of carbonyl (C=O) groups is 3. The summed E-state index contributed by atoms with van der Waals surface area (Å²) in [5, 5.41) is 0. The molecule has 0 radical (unpaired) electrons. The van der Waals surface area contributed by atoms with Crippen molar-refractivity contribution in [2.75, 3.05) is 13.7 Å². The minimum Gasteiger partial charge on any atom is -0.497 e. The zero-order valence-electron chi connectivity index (χ0n) is 10.8. The fraction of sp³-hybridized carbons (Fsp3) is 0.357. The van der Waals surface area contributed by atoms with Gasteiger partial charge in [0.2, 0.25) is 0 Å². The van der Waals surface area contributed by atoms with Gasteiger partial charge in [-0.1, -0.05) is 0 Å². The van der Waals surface area contributed by atoms with E-state index in [2.05, 4.69) is 0 Å². The van der Waals surface area contributed by atoms with E-state index in [9.17, 15) is 14.4 Å². The minimum atomic E-state index is -0.257. The largest absolute Gasteiger partial charge is 0.497 e. The molecule has 0 heterocycles. The van der Waals surface area contributed by atoms with Gasteiger partial charge in [-0.15, -0.1) is 0 Å². The third-order valence-electron chi connectivity index (χ3n) is 2.68. The lowest BCUT2D eigenvalue weighted by Crippen LogP contribution is -2.16. The molecule has 0 aliphatic heterocycles. The molecule has 0 aromatic heterocycles. The van der Waals surface area contributed by atoms with E-state index in [0.717, 1.165) is 0 Å². The number of carbonyl (C=O) groups excluding carboxylic acids is 3. The molecule has 0 saturated carbocycles. The number of hydrogen-bond donors (Lipinski definition) is 1. The molecule has 0 fully saturated rings. The number of ether oxygens (including phenoxy) is 1. The molecule has 0 saturated heterocycles. The van der Waals surface area contributed by atoms with Crippen molar-refractivity contribution >= 4 is 17.3 Å². The average molecular weight is 263 g/mol. The monoisotopic (exact) mass is 263 g/mol. The summed E-state index contributed by atoms with van der Waals surface area (Å²) in [7, 11) is 1.54. The zero-order chi connectivity index (χ0) is 14.3. The molecule has 0 atom stereocenters. The highest BCUT2D eigenvalue weighted by molar-refractivity contribution is 6.08. The van der Waals surface area contributed by atoms with Crippen LogP contribution in [0.15, 0.2) is 24.3 Å². The Hall–Kier alpha value is -2.01. The first-order valence-electron chi connectivity index (χ1n) is 5.97. The predicted octanol–water partition coefficient (Wildman–Crippen LogP) is 1.15. The second-order valence-electron chi connectivity index (χ2n) is 4.11. The van der Waals surface area contributed by atoms with E-state index < -0.39 is 0 Å². The van der Waals surface area contributed by atoms with Gasteiger partial charge in [0.25, 0.3) is 0 Å². The fourth-order valence-electron chi connectivity index (χ4n) is 1.53. The summed E-state index contributed by atoms with van der Waals surface area (Å²) in [6.07, 6.45) is -0.0205. The lowest BCUT2D eigenvalue weighted by molar-refractivity contribution is -0.123. The van der Waals surface area contributed by atoms with Crippen molar-refractivity contribution in [2.24, 2.45) is 5.73 Å². The molecule has 1 rings (SSSR count). The van der Waals surface area contributed by atoms with Crippen molar-refractivity contribution in [3.8, 4) is 5.75 Å². The highest BCUT2D eigenvalue weighted by Gasteiger charge is 2.13. The van der Waals surface area contributed by atoms with Gasteiger partial charge in [0.05, 0.1) is 20.1 Å². The quantitative estimate of drug-likeness (QED) is 0.561. The minimum absolute atomic E-state index is 0.0674. The summed E-state index contributed by atoms with van der Waals surface area (Å²) >= 11 is 0. The molecule has 1 aromatic carbocycles. The van der Waals surface area contributed by atoms with Crippen LogP contribution in [-0.2, 0) is 9.59 Å². The highest BCUT2D eigenvalue weighted by atomic mass is 16.5. The van der Waals surface area contributed by atoms with E-state index in [1.54, 1.807) is 24.3 Å². The van der Waals surface area contributed by atoms with Crippen LogP contribution in [0.3, 0.4) is 0 Å². The highest BCUT2D eigenvalue weighted by Crippen LogP contribution is 2.13. The van der Waals surface area contributed by atoms with Crippen LogP contribution in [0.2, 0.25) is 0 Å². The number of nitrogens with two attached hydrogens (primary N) is 1. The number of ketones is 3. The maximum atomic E-state index is 11.8. The Bertz CT molecular complexity index is 465.